The van der Waals surface area contributed by atoms with Gasteiger partial charge in [-0.1, -0.05) is 23.7 Å². The molecular formula is C21H25ClN8OS. The molecule has 2 saturated heterocycles. The maximum absolute atomic E-state index is 11.9. The molecule has 2 fully saturated rings. The van der Waals surface area contributed by atoms with Crippen molar-refractivity contribution in [2.24, 2.45) is 0 Å². The highest BCUT2D eigenvalue weighted by Gasteiger charge is 2.24. The second-order valence-electron chi connectivity index (χ2n) is 7.82. The Hall–Kier alpha value is -2.56. The number of fused-ring (bicyclic) bond motifs is 1. The highest BCUT2D eigenvalue weighted by atomic mass is 35.5. The van der Waals surface area contributed by atoms with E-state index in [1.54, 1.807) is 6.33 Å². The fourth-order valence-corrected chi connectivity index (χ4v) is 5.22. The minimum atomic E-state index is -0.768. The van der Waals surface area contributed by atoms with Crippen LogP contribution in [0.1, 0.15) is 5.56 Å². The van der Waals surface area contributed by atoms with Gasteiger partial charge in [-0.05, 0) is 17.7 Å². The Morgan fingerprint density at radius 1 is 1.03 bits per heavy atom. The van der Waals surface area contributed by atoms with Gasteiger partial charge in [-0.25, -0.2) is 15.0 Å². The molecule has 0 atom stereocenters. The predicted molar refractivity (Wildman–Crippen MR) is 129 cm³/mol. The van der Waals surface area contributed by atoms with Gasteiger partial charge < -0.3 is 20.4 Å². The lowest BCUT2D eigenvalue weighted by Gasteiger charge is -2.31. The molecule has 4 heterocycles. The van der Waals surface area contributed by atoms with Crippen molar-refractivity contribution in [2.45, 2.75) is 6.54 Å². The van der Waals surface area contributed by atoms with E-state index in [2.05, 4.69) is 30.4 Å². The highest BCUT2D eigenvalue weighted by molar-refractivity contribution is 7.85. The summed E-state index contributed by atoms with van der Waals surface area (Å²) < 4.78 is 11.9. The van der Waals surface area contributed by atoms with Gasteiger partial charge in [-0.15, -0.1) is 0 Å². The normalized spacial score (nSPS) is 17.7. The molecule has 2 aliphatic heterocycles. The molecule has 0 bridgehead atoms. The van der Waals surface area contributed by atoms with Crippen LogP contribution in [0.2, 0.25) is 5.02 Å². The number of hydrogen-bond acceptors (Lipinski definition) is 9. The smallest absolute Gasteiger partial charge is 0.228 e. The molecule has 9 nitrogen and oxygen atoms in total. The number of rotatable bonds is 5. The molecule has 2 N–H and O–H groups in total. The SMILES string of the molecule is O=S1CCN(c2nc(N3CCNCC3)nc3c(NCc4cccc(Cl)c4)ncnc23)CC1. The van der Waals surface area contributed by atoms with E-state index in [-0.39, 0.29) is 0 Å². The molecule has 0 aliphatic carbocycles. The van der Waals surface area contributed by atoms with Crippen LogP contribution in [0.5, 0.6) is 0 Å². The minimum Gasteiger partial charge on any atom is -0.364 e. The van der Waals surface area contributed by atoms with Gasteiger partial charge in [-0.2, -0.15) is 4.98 Å². The lowest BCUT2D eigenvalue weighted by molar-refractivity contribution is 0.580. The Labute approximate surface area is 194 Å². The molecule has 2 aromatic heterocycles. The van der Waals surface area contributed by atoms with Crippen LogP contribution in [0.25, 0.3) is 11.0 Å². The number of halogens is 1. The Kier molecular flexibility index (Phi) is 6.33. The van der Waals surface area contributed by atoms with Crippen molar-refractivity contribution >= 4 is 51.0 Å². The number of nitrogens with zero attached hydrogens (tertiary/aromatic N) is 6. The van der Waals surface area contributed by atoms with Crippen LogP contribution in [0.3, 0.4) is 0 Å². The van der Waals surface area contributed by atoms with Gasteiger partial charge in [-0.3, -0.25) is 4.21 Å². The number of benzene rings is 1. The maximum atomic E-state index is 11.9. The summed E-state index contributed by atoms with van der Waals surface area (Å²) >= 11 is 6.13. The van der Waals surface area contributed by atoms with Gasteiger partial charge in [0, 0.05) is 73.1 Å². The van der Waals surface area contributed by atoms with Crippen molar-refractivity contribution in [3.8, 4) is 0 Å². The summed E-state index contributed by atoms with van der Waals surface area (Å²) in [5, 5.41) is 7.47. The second-order valence-corrected chi connectivity index (χ2v) is 9.95. The van der Waals surface area contributed by atoms with Gasteiger partial charge in [0.05, 0.1) is 0 Å². The van der Waals surface area contributed by atoms with E-state index in [4.69, 9.17) is 21.6 Å². The van der Waals surface area contributed by atoms with Crippen LogP contribution >= 0.6 is 11.6 Å². The van der Waals surface area contributed by atoms with E-state index in [0.717, 1.165) is 37.6 Å². The van der Waals surface area contributed by atoms with Crippen LogP contribution in [0.4, 0.5) is 17.6 Å². The maximum Gasteiger partial charge on any atom is 0.228 e. The van der Waals surface area contributed by atoms with Gasteiger partial charge >= 0.3 is 0 Å². The average molecular weight is 473 g/mol. The summed E-state index contributed by atoms with van der Waals surface area (Å²) in [6, 6.07) is 7.73. The molecule has 0 radical (unpaired) electrons. The number of nitrogens with one attached hydrogen (secondary N) is 2. The van der Waals surface area contributed by atoms with Gasteiger partial charge in [0.1, 0.15) is 17.4 Å². The second kappa shape index (κ2) is 9.51. The van der Waals surface area contributed by atoms with E-state index in [1.165, 1.54) is 0 Å². The summed E-state index contributed by atoms with van der Waals surface area (Å²) in [4.78, 5) is 23.2. The lowest BCUT2D eigenvalue weighted by atomic mass is 10.2. The summed E-state index contributed by atoms with van der Waals surface area (Å²) in [5.74, 6) is 3.41. The zero-order chi connectivity index (χ0) is 21.9. The third-order valence-corrected chi connectivity index (χ3v) is 7.19. The first kappa shape index (κ1) is 21.3. The van der Waals surface area contributed by atoms with E-state index < -0.39 is 10.8 Å². The van der Waals surface area contributed by atoms with E-state index in [0.29, 0.717) is 59.0 Å². The molecule has 1 aromatic carbocycles. The minimum absolute atomic E-state index is 0.567. The van der Waals surface area contributed by atoms with Gasteiger partial charge in [0.25, 0.3) is 0 Å². The molecule has 3 aromatic rings. The van der Waals surface area contributed by atoms with Gasteiger partial charge in [0.15, 0.2) is 11.6 Å². The Balaban J connectivity index is 1.54. The Morgan fingerprint density at radius 2 is 1.84 bits per heavy atom. The van der Waals surface area contributed by atoms with Crippen molar-refractivity contribution in [1.29, 1.82) is 0 Å². The third-order valence-electron chi connectivity index (χ3n) is 5.68. The molecule has 11 heteroatoms. The average Bonchev–Trinajstić information content (AvgIpc) is 2.83. The number of aromatic nitrogens is 4. The topological polar surface area (TPSA) is 99.2 Å². The fraction of sp³-hybridized carbons (Fsp3) is 0.429. The first-order valence-corrected chi connectivity index (χ1v) is 12.6. The van der Waals surface area contributed by atoms with Crippen LogP contribution in [-0.2, 0) is 17.3 Å². The molecule has 0 unspecified atom stereocenters. The molecular weight excluding hydrogens is 448 g/mol. The molecule has 0 amide bonds. The summed E-state index contributed by atoms with van der Waals surface area (Å²) in [7, 11) is -0.768. The molecule has 32 heavy (non-hydrogen) atoms. The third kappa shape index (κ3) is 4.62. The number of hydrogen-bond donors (Lipinski definition) is 2. The molecule has 5 rings (SSSR count). The van der Waals surface area contributed by atoms with Crippen molar-refractivity contribution < 1.29 is 4.21 Å². The van der Waals surface area contributed by atoms with Crippen molar-refractivity contribution in [3.05, 3.63) is 41.2 Å². The number of piperazine rings is 1. The van der Waals surface area contributed by atoms with E-state index in [9.17, 15) is 4.21 Å². The quantitative estimate of drug-likeness (QED) is 0.574. The van der Waals surface area contributed by atoms with Crippen molar-refractivity contribution in [3.63, 3.8) is 0 Å². The monoisotopic (exact) mass is 472 g/mol. The molecule has 0 saturated carbocycles. The first-order valence-electron chi connectivity index (χ1n) is 10.7. The Bertz CT molecular complexity index is 1130. The standard InChI is InChI=1S/C21H25ClN8OS/c22-16-3-1-2-15(12-16)13-24-19-17-18(25-14-26-19)20(29-8-10-32(31)11-9-29)28-21(27-17)30-6-4-23-5-7-30/h1-3,12,14,23H,4-11,13H2,(H,24,25,26). The largest absolute Gasteiger partial charge is 0.364 e. The first-order chi connectivity index (χ1) is 15.7. The molecule has 0 spiro atoms. The molecule has 2 aliphatic rings. The summed E-state index contributed by atoms with van der Waals surface area (Å²) in [6.45, 7) is 5.42. The summed E-state index contributed by atoms with van der Waals surface area (Å²) in [6.07, 6.45) is 1.54. The summed E-state index contributed by atoms with van der Waals surface area (Å²) in [5.41, 5.74) is 2.46. The highest BCUT2D eigenvalue weighted by Crippen LogP contribution is 2.29. The zero-order valence-corrected chi connectivity index (χ0v) is 19.2. The van der Waals surface area contributed by atoms with Gasteiger partial charge in [0.2, 0.25) is 5.95 Å². The molecule has 168 valence electrons. The van der Waals surface area contributed by atoms with E-state index >= 15 is 0 Å². The fourth-order valence-electron chi connectivity index (χ4n) is 3.96. The lowest BCUT2D eigenvalue weighted by Crippen LogP contribution is -2.44. The number of anilines is 3. The van der Waals surface area contributed by atoms with Crippen LogP contribution < -0.4 is 20.4 Å². The van der Waals surface area contributed by atoms with Crippen molar-refractivity contribution in [1.82, 2.24) is 25.3 Å². The zero-order valence-electron chi connectivity index (χ0n) is 17.6. The van der Waals surface area contributed by atoms with Crippen LogP contribution in [0.15, 0.2) is 30.6 Å². The van der Waals surface area contributed by atoms with Crippen molar-refractivity contribution in [2.75, 3.05) is 65.9 Å². The van der Waals surface area contributed by atoms with Crippen LogP contribution in [0, 0.1) is 0 Å². The Morgan fingerprint density at radius 3 is 2.62 bits per heavy atom. The van der Waals surface area contributed by atoms with E-state index in [1.807, 2.05) is 24.3 Å². The predicted octanol–water partition coefficient (Wildman–Crippen LogP) is 1.66. The van der Waals surface area contributed by atoms with Crippen LogP contribution in [-0.4, -0.2) is 74.9 Å².